The Hall–Kier alpha value is -1.28. The molecule has 0 aromatic rings. The molecule has 7 nitrogen and oxygen atoms in total. The van der Waals surface area contributed by atoms with Crippen molar-refractivity contribution in [3.8, 4) is 0 Å². The number of methoxy groups -OCH3 is 3. The molecule has 0 N–H and O–H groups in total. The summed E-state index contributed by atoms with van der Waals surface area (Å²) in [6.45, 7) is 3.12. The van der Waals surface area contributed by atoms with Crippen LogP contribution in [0.3, 0.4) is 0 Å². The Morgan fingerprint density at radius 1 is 1.14 bits per heavy atom. The molecule has 1 heterocycles. The van der Waals surface area contributed by atoms with Crippen molar-refractivity contribution < 1.29 is 28.5 Å². The zero-order valence-corrected chi connectivity index (χ0v) is 13.1. The van der Waals surface area contributed by atoms with E-state index in [1.54, 1.807) is 14.2 Å². The molecule has 1 fully saturated rings. The number of allylic oxidation sites excluding steroid dienone is 1. The van der Waals surface area contributed by atoms with Crippen LogP contribution in [0.5, 0.6) is 0 Å². The summed E-state index contributed by atoms with van der Waals surface area (Å²) in [5, 5.41) is 0. The van der Waals surface area contributed by atoms with Crippen LogP contribution in [0.2, 0.25) is 0 Å². The maximum absolute atomic E-state index is 11.8. The number of nitrogens with zero attached hydrogens (tertiary/aromatic N) is 1. The van der Waals surface area contributed by atoms with Crippen LogP contribution < -0.4 is 0 Å². The average Bonchev–Trinajstić information content (AvgIpc) is 2.76. The molecule has 0 radical (unpaired) electrons. The summed E-state index contributed by atoms with van der Waals surface area (Å²) >= 11 is 0. The van der Waals surface area contributed by atoms with E-state index in [9.17, 15) is 9.59 Å². The van der Waals surface area contributed by atoms with E-state index in [4.69, 9.17) is 18.9 Å². The second kappa shape index (κ2) is 8.23. The van der Waals surface area contributed by atoms with Crippen LogP contribution in [-0.2, 0) is 28.5 Å². The van der Waals surface area contributed by atoms with Gasteiger partial charge in [-0.1, -0.05) is 0 Å². The van der Waals surface area contributed by atoms with Crippen molar-refractivity contribution in [2.24, 2.45) is 0 Å². The van der Waals surface area contributed by atoms with Gasteiger partial charge in [-0.15, -0.1) is 0 Å². The molecule has 1 aliphatic rings. The van der Waals surface area contributed by atoms with Gasteiger partial charge in [-0.3, -0.25) is 14.5 Å². The molecule has 7 heteroatoms. The van der Waals surface area contributed by atoms with E-state index in [2.05, 4.69) is 0 Å². The lowest BCUT2D eigenvalue weighted by Crippen LogP contribution is -2.45. The molecule has 0 aromatic carbocycles. The van der Waals surface area contributed by atoms with E-state index in [-0.39, 0.29) is 23.9 Å². The third-order valence-electron chi connectivity index (χ3n) is 3.27. The molecule has 0 bridgehead atoms. The molecule has 0 aromatic heterocycles. The van der Waals surface area contributed by atoms with Gasteiger partial charge >= 0.3 is 0 Å². The van der Waals surface area contributed by atoms with Gasteiger partial charge < -0.3 is 18.9 Å². The first-order chi connectivity index (χ1) is 9.96. The summed E-state index contributed by atoms with van der Waals surface area (Å²) in [5.41, 5.74) is 0. The normalized spacial score (nSPS) is 29.0. The minimum atomic E-state index is -0.673. The second-order valence-corrected chi connectivity index (χ2v) is 4.77. The first-order valence-electron chi connectivity index (χ1n) is 6.63. The highest BCUT2D eigenvalue weighted by atomic mass is 16.6. The van der Waals surface area contributed by atoms with E-state index in [1.165, 1.54) is 38.1 Å². The Morgan fingerprint density at radius 3 is 2.19 bits per heavy atom. The standard InChI is InChI=1S/C14H23NO6/c1-9(16)6-7-15(10(2)17)14-13(20-5)12(19-4)11(21-14)8-18-3/h6-7,11-14H,8H2,1-5H3/b7-6-/t11-,12?,13+,14-/m1/s1. The van der Waals surface area contributed by atoms with Crippen LogP contribution >= 0.6 is 0 Å². The molecule has 4 atom stereocenters. The zero-order chi connectivity index (χ0) is 16.0. The van der Waals surface area contributed by atoms with Gasteiger partial charge in [0.15, 0.2) is 12.0 Å². The largest absolute Gasteiger partial charge is 0.382 e. The molecule has 0 aliphatic carbocycles. The van der Waals surface area contributed by atoms with Gasteiger partial charge in [-0.2, -0.15) is 0 Å². The van der Waals surface area contributed by atoms with Crippen molar-refractivity contribution in [2.75, 3.05) is 27.9 Å². The summed E-state index contributed by atoms with van der Waals surface area (Å²) < 4.78 is 21.8. The Labute approximate surface area is 124 Å². The first-order valence-corrected chi connectivity index (χ1v) is 6.63. The Morgan fingerprint density at radius 2 is 1.76 bits per heavy atom. The summed E-state index contributed by atoms with van der Waals surface area (Å²) in [5.74, 6) is -0.419. The summed E-state index contributed by atoms with van der Waals surface area (Å²) in [4.78, 5) is 24.2. The Balaban J connectivity index is 3.00. The molecule has 120 valence electrons. The minimum absolute atomic E-state index is 0.162. The average molecular weight is 301 g/mol. The molecular formula is C14H23NO6. The van der Waals surface area contributed by atoms with Gasteiger partial charge in [0.1, 0.15) is 18.3 Å². The van der Waals surface area contributed by atoms with Gasteiger partial charge in [0.25, 0.3) is 0 Å². The SMILES string of the molecule is COC[C@H]1O[C@@H](N(/C=C\C(C)=O)C(C)=O)[C@@H](OC)C1OC. The fourth-order valence-electron chi connectivity index (χ4n) is 2.32. The predicted molar refractivity (Wildman–Crippen MR) is 74.5 cm³/mol. The molecule has 1 aliphatic heterocycles. The number of rotatable bonds is 7. The van der Waals surface area contributed by atoms with Crippen molar-refractivity contribution >= 4 is 11.7 Å². The minimum Gasteiger partial charge on any atom is -0.382 e. The monoisotopic (exact) mass is 301 g/mol. The second-order valence-electron chi connectivity index (χ2n) is 4.77. The van der Waals surface area contributed by atoms with Gasteiger partial charge in [-0.25, -0.2) is 0 Å². The molecule has 21 heavy (non-hydrogen) atoms. The van der Waals surface area contributed by atoms with Crippen LogP contribution in [0.1, 0.15) is 13.8 Å². The quantitative estimate of drug-likeness (QED) is 0.631. The summed E-state index contributed by atoms with van der Waals surface area (Å²) in [7, 11) is 4.63. The number of ketones is 1. The van der Waals surface area contributed by atoms with E-state index < -0.39 is 12.3 Å². The number of ether oxygens (including phenoxy) is 4. The third-order valence-corrected chi connectivity index (χ3v) is 3.27. The van der Waals surface area contributed by atoms with Crippen molar-refractivity contribution in [3.05, 3.63) is 12.3 Å². The number of hydrogen-bond donors (Lipinski definition) is 0. The number of carbonyl (C=O) groups excluding carboxylic acids is 2. The highest BCUT2D eigenvalue weighted by Crippen LogP contribution is 2.28. The molecule has 1 amide bonds. The van der Waals surface area contributed by atoms with E-state index >= 15 is 0 Å². The lowest BCUT2D eigenvalue weighted by molar-refractivity contribution is -0.145. The number of carbonyl (C=O) groups is 2. The maximum atomic E-state index is 11.8. The van der Waals surface area contributed by atoms with Gasteiger partial charge in [0.05, 0.1) is 6.61 Å². The Kier molecular flexibility index (Phi) is 6.97. The first kappa shape index (κ1) is 17.8. The van der Waals surface area contributed by atoms with Crippen LogP contribution in [0, 0.1) is 0 Å². The topological polar surface area (TPSA) is 74.3 Å². The molecule has 0 saturated carbocycles. The summed E-state index contributed by atoms with van der Waals surface area (Å²) in [6, 6.07) is 0. The van der Waals surface area contributed by atoms with E-state index in [0.717, 1.165) is 0 Å². The highest BCUT2D eigenvalue weighted by molar-refractivity contribution is 5.87. The number of amides is 1. The summed E-state index contributed by atoms with van der Waals surface area (Å²) in [6.07, 6.45) is 0.838. The molecular weight excluding hydrogens is 278 g/mol. The Bertz CT molecular complexity index is 397. The molecule has 0 spiro atoms. The molecule has 1 rings (SSSR count). The van der Waals surface area contributed by atoms with Crippen LogP contribution in [0.4, 0.5) is 0 Å². The lowest BCUT2D eigenvalue weighted by atomic mass is 10.1. The smallest absolute Gasteiger partial charge is 0.225 e. The maximum Gasteiger partial charge on any atom is 0.225 e. The highest BCUT2D eigenvalue weighted by Gasteiger charge is 2.48. The van der Waals surface area contributed by atoms with Crippen molar-refractivity contribution in [3.63, 3.8) is 0 Å². The van der Waals surface area contributed by atoms with Crippen molar-refractivity contribution in [2.45, 2.75) is 38.4 Å². The predicted octanol–water partition coefficient (Wildman–Crippen LogP) is 0.339. The molecule has 1 saturated heterocycles. The van der Waals surface area contributed by atoms with E-state index in [0.29, 0.717) is 6.61 Å². The van der Waals surface area contributed by atoms with Crippen LogP contribution in [0.25, 0.3) is 0 Å². The van der Waals surface area contributed by atoms with Gasteiger partial charge in [-0.05, 0) is 13.0 Å². The lowest BCUT2D eigenvalue weighted by Gasteiger charge is -2.28. The number of hydrogen-bond acceptors (Lipinski definition) is 6. The van der Waals surface area contributed by atoms with E-state index in [1.807, 2.05) is 0 Å². The van der Waals surface area contributed by atoms with Gasteiger partial charge in [0.2, 0.25) is 5.91 Å². The van der Waals surface area contributed by atoms with Crippen molar-refractivity contribution in [1.29, 1.82) is 0 Å². The fourth-order valence-corrected chi connectivity index (χ4v) is 2.32. The zero-order valence-electron chi connectivity index (χ0n) is 13.1. The third kappa shape index (κ3) is 4.34. The van der Waals surface area contributed by atoms with Crippen LogP contribution in [-0.4, -0.2) is 69.1 Å². The van der Waals surface area contributed by atoms with Crippen molar-refractivity contribution in [1.82, 2.24) is 4.90 Å². The fraction of sp³-hybridized carbons (Fsp3) is 0.714. The van der Waals surface area contributed by atoms with Crippen LogP contribution in [0.15, 0.2) is 12.3 Å². The van der Waals surface area contributed by atoms with Gasteiger partial charge in [0, 0.05) is 34.5 Å². The molecule has 1 unspecified atom stereocenters.